The van der Waals surface area contributed by atoms with Gasteiger partial charge in [0.2, 0.25) is 12.1 Å². The quantitative estimate of drug-likeness (QED) is 0.0984. The van der Waals surface area contributed by atoms with Crippen molar-refractivity contribution in [1.82, 2.24) is 30.4 Å². The van der Waals surface area contributed by atoms with Gasteiger partial charge in [0.15, 0.2) is 18.2 Å². The number of anilines is 1. The van der Waals surface area contributed by atoms with Crippen LogP contribution in [-0.2, 0) is 39.1 Å². The molecule has 0 bridgehead atoms. The fourth-order valence-corrected chi connectivity index (χ4v) is 8.36. The monoisotopic (exact) mass is 779 g/mol. The molecular weight excluding hydrogens is 714 g/mol. The Morgan fingerprint density at radius 1 is 1.18 bits per heavy atom. The van der Waals surface area contributed by atoms with E-state index in [4.69, 9.17) is 24.7 Å². The van der Waals surface area contributed by atoms with Crippen LogP contribution in [-0.4, -0.2) is 138 Å². The minimum atomic E-state index is -2.39. The number of cyclic esters (lactones) is 1. The number of nitrogens with zero attached hydrogens (tertiary/aromatic N) is 3. The van der Waals surface area contributed by atoms with Crippen molar-refractivity contribution in [3.8, 4) is 0 Å². The van der Waals surface area contributed by atoms with Crippen LogP contribution in [0.3, 0.4) is 0 Å². The van der Waals surface area contributed by atoms with Crippen LogP contribution in [0.2, 0.25) is 0 Å². The van der Waals surface area contributed by atoms with E-state index in [1.165, 1.54) is 26.3 Å². The lowest BCUT2D eigenvalue weighted by molar-refractivity contribution is -0.297. The van der Waals surface area contributed by atoms with Crippen molar-refractivity contribution in [3.63, 3.8) is 0 Å². The van der Waals surface area contributed by atoms with E-state index in [1.54, 1.807) is 20.8 Å². The number of methoxy groups -OCH3 is 1. The summed E-state index contributed by atoms with van der Waals surface area (Å²) < 4.78 is 26.2. The van der Waals surface area contributed by atoms with Crippen LogP contribution in [0.15, 0.2) is 17.1 Å². The minimum absolute atomic E-state index is 0.0250. The average Bonchev–Trinajstić information content (AvgIpc) is 3.86. The minimum Gasteiger partial charge on any atom is -0.457 e. The summed E-state index contributed by atoms with van der Waals surface area (Å²) in [5.74, 6) is -3.53. The Kier molecular flexibility index (Phi) is 15.0. The maximum absolute atomic E-state index is 14.4. The lowest BCUT2D eigenvalue weighted by Crippen LogP contribution is -2.68. The summed E-state index contributed by atoms with van der Waals surface area (Å²) >= 11 is 0. The standard InChI is InChI=1S/C38H65N7O10/c1-11-28-38(51,45-13-12-29(39)43-36(45)50)32(42-19-46)24(6)40-17-20(2)16-37(7,52-10)33(22(4)30(47)23(5)34(49)54-28)55-35-31(48)27(44(8)9)15-25(53-35)18-41-26-14-21(26)3/h12-13,19-28,31-33,35,40-41,48,51H,11,14-18H2,1-10H3,(H,42,46)(H2,39,43,50)/t20-,21+,22+,23-,24-,25+,26+,27?,28-,31?,32-,33-,35+,37-,38-/m1/s1. The number of hydrogen-bond donors (Lipinski definition) is 6. The number of aliphatic hydroxyl groups is 2. The van der Waals surface area contributed by atoms with Gasteiger partial charge < -0.3 is 55.7 Å². The first-order chi connectivity index (χ1) is 25.8. The maximum atomic E-state index is 14.4. The molecule has 17 nitrogen and oxygen atoms in total. The molecule has 1 aromatic rings. The highest BCUT2D eigenvalue weighted by Crippen LogP contribution is 2.37. The number of ether oxygens (including phenoxy) is 4. The molecule has 1 amide bonds. The Balaban J connectivity index is 1.76. The number of aromatic nitrogens is 2. The molecule has 0 aromatic carbocycles. The number of esters is 1. The first-order valence-electron chi connectivity index (χ1n) is 19.5. The van der Waals surface area contributed by atoms with E-state index in [1.807, 2.05) is 32.8 Å². The van der Waals surface area contributed by atoms with E-state index in [2.05, 4.69) is 27.9 Å². The Labute approximate surface area is 324 Å². The maximum Gasteiger partial charge on any atom is 0.352 e. The molecule has 17 heteroatoms. The van der Waals surface area contributed by atoms with E-state index < -0.39 is 77.3 Å². The summed E-state index contributed by atoms with van der Waals surface area (Å²) in [6, 6.07) is -0.554. The van der Waals surface area contributed by atoms with Crippen LogP contribution in [0.1, 0.15) is 74.1 Å². The van der Waals surface area contributed by atoms with Crippen molar-refractivity contribution in [3.05, 3.63) is 22.7 Å². The smallest absolute Gasteiger partial charge is 0.352 e. The number of hydrogen-bond acceptors (Lipinski definition) is 15. The van der Waals surface area contributed by atoms with Gasteiger partial charge in [0, 0.05) is 43.9 Å². The highest BCUT2D eigenvalue weighted by molar-refractivity contribution is 6.00. The van der Waals surface area contributed by atoms with Crippen molar-refractivity contribution in [2.75, 3.05) is 40.0 Å². The van der Waals surface area contributed by atoms with Crippen LogP contribution < -0.4 is 27.4 Å². The summed E-state index contributed by atoms with van der Waals surface area (Å²) in [7, 11) is 5.31. The zero-order valence-corrected chi connectivity index (χ0v) is 34.1. The highest BCUT2D eigenvalue weighted by atomic mass is 16.7. The Morgan fingerprint density at radius 2 is 1.85 bits per heavy atom. The summed E-state index contributed by atoms with van der Waals surface area (Å²) in [4.78, 5) is 59.5. The molecule has 3 aliphatic rings. The lowest BCUT2D eigenvalue weighted by atomic mass is 9.78. The molecule has 2 aliphatic heterocycles. The molecular formula is C38H65N7O10. The molecule has 1 aliphatic carbocycles. The number of nitrogen functional groups attached to an aromatic ring is 1. The van der Waals surface area contributed by atoms with Gasteiger partial charge in [-0.25, -0.2) is 4.79 Å². The molecule has 15 atom stereocenters. The summed E-state index contributed by atoms with van der Waals surface area (Å²) in [6.07, 6.45) is -1.35. The molecule has 2 saturated heterocycles. The zero-order valence-electron chi connectivity index (χ0n) is 34.1. The fraction of sp³-hybridized carbons (Fsp3) is 0.816. The third-order valence-electron chi connectivity index (χ3n) is 12.0. The fourth-order valence-electron chi connectivity index (χ4n) is 8.36. The van der Waals surface area contributed by atoms with E-state index in [0.717, 1.165) is 11.0 Å². The van der Waals surface area contributed by atoms with Crippen molar-refractivity contribution in [2.45, 2.75) is 140 Å². The van der Waals surface area contributed by atoms with Gasteiger partial charge in [-0.15, -0.1) is 0 Å². The Bertz CT molecular complexity index is 1530. The van der Waals surface area contributed by atoms with Crippen molar-refractivity contribution >= 4 is 24.0 Å². The molecule has 4 rings (SSSR count). The van der Waals surface area contributed by atoms with Gasteiger partial charge in [0.25, 0.3) is 0 Å². The third kappa shape index (κ3) is 9.93. The summed E-state index contributed by atoms with van der Waals surface area (Å²) in [5.41, 5.74) is 1.29. The largest absolute Gasteiger partial charge is 0.457 e. The number of carbonyl (C=O) groups excluding carboxylic acids is 3. The lowest BCUT2D eigenvalue weighted by Gasteiger charge is -2.47. The number of Topliss-reactive ketones (excluding diaryl/α,β-unsaturated/α-hetero) is 1. The first kappa shape index (κ1) is 44.7. The Morgan fingerprint density at radius 3 is 2.42 bits per heavy atom. The molecule has 3 fully saturated rings. The molecule has 1 saturated carbocycles. The molecule has 55 heavy (non-hydrogen) atoms. The molecule has 312 valence electrons. The zero-order chi connectivity index (χ0) is 41.0. The van der Waals surface area contributed by atoms with Crippen LogP contribution in [0.5, 0.6) is 0 Å². The number of rotatable bonds is 11. The van der Waals surface area contributed by atoms with Crippen molar-refractivity contribution in [2.24, 2.45) is 23.7 Å². The second kappa shape index (κ2) is 18.5. The average molecular weight is 780 g/mol. The summed E-state index contributed by atoms with van der Waals surface area (Å²) in [6.45, 7) is 13.3. The normalized spacial score (nSPS) is 40.9. The first-order valence-corrected chi connectivity index (χ1v) is 19.5. The predicted molar refractivity (Wildman–Crippen MR) is 203 cm³/mol. The molecule has 0 spiro atoms. The molecule has 3 heterocycles. The van der Waals surface area contributed by atoms with Gasteiger partial charge in [-0.05, 0) is 85.0 Å². The number of ketones is 1. The number of aliphatic hydroxyl groups excluding tert-OH is 1. The van der Waals surface area contributed by atoms with Gasteiger partial charge in [-0.1, -0.05) is 27.7 Å². The number of amides is 1. The van der Waals surface area contributed by atoms with E-state index in [-0.39, 0.29) is 30.3 Å². The van der Waals surface area contributed by atoms with E-state index in [9.17, 15) is 29.4 Å². The van der Waals surface area contributed by atoms with Crippen molar-refractivity contribution < 1.29 is 43.5 Å². The van der Waals surface area contributed by atoms with E-state index in [0.29, 0.717) is 44.3 Å². The number of likely N-dealkylation sites (N-methyl/N-ethyl adjacent to an activating group) is 1. The SMILES string of the molecule is CC[C@H]1OC(=O)[C@H](C)C(=O)[C@H](C)[C@@H](O[C@@H]2O[C@H](CN[C@H]3C[C@@H]3C)CC(N(C)C)C2O)[C@](C)(OC)C[C@@H](C)CN[C@H](C)[C@@H](NC=O)[C@@]1(O)n1ccc(N)nc1=O. The van der Waals surface area contributed by atoms with Crippen LogP contribution in [0.25, 0.3) is 0 Å². The van der Waals surface area contributed by atoms with Gasteiger partial charge in [0.1, 0.15) is 17.8 Å². The highest BCUT2D eigenvalue weighted by Gasteiger charge is 2.53. The molecule has 0 radical (unpaired) electrons. The molecule has 2 unspecified atom stereocenters. The summed E-state index contributed by atoms with van der Waals surface area (Å²) in [5, 5.41) is 33.8. The number of nitrogens with one attached hydrogen (secondary N) is 3. The van der Waals surface area contributed by atoms with Gasteiger partial charge >= 0.3 is 11.7 Å². The second-order valence-electron chi connectivity index (χ2n) is 16.5. The van der Waals surface area contributed by atoms with E-state index >= 15 is 0 Å². The van der Waals surface area contributed by atoms with Crippen LogP contribution in [0.4, 0.5) is 5.82 Å². The van der Waals surface area contributed by atoms with Crippen LogP contribution >= 0.6 is 0 Å². The molecule has 7 N–H and O–H groups in total. The number of carbonyl (C=O) groups is 3. The van der Waals surface area contributed by atoms with Gasteiger partial charge in [0.05, 0.1) is 23.9 Å². The topological polar surface area (TPSA) is 229 Å². The molecule has 1 aromatic heterocycles. The third-order valence-corrected chi connectivity index (χ3v) is 12.0. The van der Waals surface area contributed by atoms with Crippen LogP contribution in [0, 0.1) is 23.7 Å². The predicted octanol–water partition coefficient (Wildman–Crippen LogP) is -0.0394. The van der Waals surface area contributed by atoms with Crippen molar-refractivity contribution in [1.29, 1.82) is 0 Å². The van der Waals surface area contributed by atoms with Gasteiger partial charge in [-0.3, -0.25) is 19.0 Å². The number of nitrogens with two attached hydrogens (primary N) is 1. The van der Waals surface area contributed by atoms with Gasteiger partial charge in [-0.2, -0.15) is 4.98 Å². The Hall–Kier alpha value is -3.03. The second-order valence-corrected chi connectivity index (χ2v) is 16.5.